The zero-order chi connectivity index (χ0) is 14.4. The maximum atomic E-state index is 10.5. The van der Waals surface area contributed by atoms with Crippen molar-refractivity contribution in [2.24, 2.45) is 0 Å². The van der Waals surface area contributed by atoms with Gasteiger partial charge in [0, 0.05) is 29.8 Å². The molecule has 0 aliphatic rings. The molecule has 5 nitrogen and oxygen atoms in total. The van der Waals surface area contributed by atoms with Gasteiger partial charge in [-0.25, -0.2) is 0 Å². The van der Waals surface area contributed by atoms with E-state index in [1.165, 1.54) is 12.1 Å². The van der Waals surface area contributed by atoms with Crippen LogP contribution < -0.4 is 0 Å². The number of aromatic nitrogens is 1. The number of hydrogen-bond donors (Lipinski definition) is 1. The van der Waals surface area contributed by atoms with Crippen molar-refractivity contribution in [3.05, 3.63) is 70.0 Å². The molecule has 2 aromatic rings. The molecule has 0 fully saturated rings. The second-order valence-electron chi connectivity index (χ2n) is 4.20. The average molecular weight is 290 g/mol. The third-order valence-electron chi connectivity index (χ3n) is 2.74. The summed E-state index contributed by atoms with van der Waals surface area (Å²) in [7, 11) is 0. The van der Waals surface area contributed by atoms with E-state index in [0.717, 1.165) is 11.4 Å². The molecule has 0 aliphatic heterocycles. The number of pyridine rings is 1. The van der Waals surface area contributed by atoms with Gasteiger partial charge in [0.25, 0.3) is 5.69 Å². The summed E-state index contributed by atoms with van der Waals surface area (Å²) in [5, 5.41) is 20.6. The molecule has 0 saturated carbocycles. The van der Waals surface area contributed by atoms with E-state index in [4.69, 9.17) is 0 Å². The summed E-state index contributed by atoms with van der Waals surface area (Å²) in [6.07, 6.45) is 1.10. The van der Waals surface area contributed by atoms with Crippen LogP contribution in [0, 0.1) is 10.1 Å². The number of nitrogens with zero attached hydrogens (tertiary/aromatic N) is 2. The Morgan fingerprint density at radius 2 is 2.00 bits per heavy atom. The Morgan fingerprint density at radius 3 is 2.60 bits per heavy atom. The van der Waals surface area contributed by atoms with E-state index in [9.17, 15) is 15.2 Å². The summed E-state index contributed by atoms with van der Waals surface area (Å²) in [6, 6.07) is 11.7. The number of non-ortho nitro benzene ring substituents is 1. The molecule has 1 aromatic heterocycles. The molecule has 1 atom stereocenters. The van der Waals surface area contributed by atoms with Crippen molar-refractivity contribution < 1.29 is 10.0 Å². The van der Waals surface area contributed by atoms with Crippen LogP contribution in [0.2, 0.25) is 0 Å². The van der Waals surface area contributed by atoms with Crippen LogP contribution in [-0.4, -0.2) is 20.8 Å². The highest BCUT2D eigenvalue weighted by atomic mass is 32.2. The number of aliphatic hydroxyl groups excluding tert-OH is 1. The first kappa shape index (κ1) is 14.5. The molecule has 1 heterocycles. The van der Waals surface area contributed by atoms with Gasteiger partial charge in [-0.1, -0.05) is 6.07 Å². The van der Waals surface area contributed by atoms with Gasteiger partial charge in [0.05, 0.1) is 16.7 Å². The summed E-state index contributed by atoms with van der Waals surface area (Å²) < 4.78 is 0. The van der Waals surface area contributed by atoms with Crippen molar-refractivity contribution >= 4 is 17.4 Å². The number of hydrogen-bond acceptors (Lipinski definition) is 5. The van der Waals surface area contributed by atoms with E-state index in [0.29, 0.717) is 11.3 Å². The second kappa shape index (κ2) is 7.02. The Labute approximate surface area is 120 Å². The minimum atomic E-state index is -0.635. The summed E-state index contributed by atoms with van der Waals surface area (Å²) in [5.41, 5.74) is 1.68. The molecule has 0 aliphatic carbocycles. The highest BCUT2D eigenvalue weighted by Gasteiger charge is 2.10. The maximum Gasteiger partial charge on any atom is 0.269 e. The van der Waals surface area contributed by atoms with Crippen LogP contribution in [0.1, 0.15) is 17.4 Å². The Balaban J connectivity index is 1.85. The maximum absolute atomic E-state index is 10.5. The summed E-state index contributed by atoms with van der Waals surface area (Å²) in [6.45, 7) is 0. The molecule has 0 saturated heterocycles. The van der Waals surface area contributed by atoms with Gasteiger partial charge in [-0.2, -0.15) is 11.8 Å². The van der Waals surface area contributed by atoms with E-state index in [1.54, 1.807) is 30.1 Å². The number of rotatable bonds is 6. The van der Waals surface area contributed by atoms with E-state index in [-0.39, 0.29) is 5.69 Å². The lowest BCUT2D eigenvalue weighted by Crippen LogP contribution is -2.01. The fourth-order valence-electron chi connectivity index (χ4n) is 1.67. The van der Waals surface area contributed by atoms with Crippen LogP contribution in [0.15, 0.2) is 48.7 Å². The van der Waals surface area contributed by atoms with Crippen LogP contribution in [0.4, 0.5) is 5.69 Å². The SMILES string of the molecule is O=[N+]([O-])c1ccc(C(O)CSCc2ccccn2)cc1. The van der Waals surface area contributed by atoms with E-state index in [2.05, 4.69) is 4.98 Å². The van der Waals surface area contributed by atoms with Crippen LogP contribution >= 0.6 is 11.8 Å². The molecule has 1 N–H and O–H groups in total. The van der Waals surface area contributed by atoms with Crippen molar-refractivity contribution in [3.8, 4) is 0 Å². The number of nitro benzene ring substituents is 1. The molecule has 0 radical (unpaired) electrons. The molecular formula is C14H14N2O3S. The third kappa shape index (κ3) is 4.04. The van der Waals surface area contributed by atoms with Gasteiger partial charge in [-0.3, -0.25) is 15.1 Å². The molecule has 2 rings (SSSR count). The Bertz CT molecular complexity index is 560. The van der Waals surface area contributed by atoms with Crippen LogP contribution in [0.25, 0.3) is 0 Å². The predicted molar refractivity (Wildman–Crippen MR) is 78.5 cm³/mol. The van der Waals surface area contributed by atoms with Crippen molar-refractivity contribution in [3.63, 3.8) is 0 Å². The normalized spacial score (nSPS) is 12.1. The first-order valence-electron chi connectivity index (χ1n) is 6.07. The fraction of sp³-hybridized carbons (Fsp3) is 0.214. The Kier molecular flexibility index (Phi) is 5.09. The van der Waals surface area contributed by atoms with Crippen molar-refractivity contribution in [2.45, 2.75) is 11.9 Å². The first-order chi connectivity index (χ1) is 9.66. The summed E-state index contributed by atoms with van der Waals surface area (Å²) >= 11 is 1.57. The van der Waals surface area contributed by atoms with Crippen molar-refractivity contribution in [1.82, 2.24) is 4.98 Å². The lowest BCUT2D eigenvalue weighted by molar-refractivity contribution is -0.384. The van der Waals surface area contributed by atoms with Crippen LogP contribution in [0.5, 0.6) is 0 Å². The van der Waals surface area contributed by atoms with E-state index >= 15 is 0 Å². The monoisotopic (exact) mass is 290 g/mol. The Morgan fingerprint density at radius 1 is 1.25 bits per heavy atom. The molecule has 1 aromatic carbocycles. The molecule has 1 unspecified atom stereocenters. The molecule has 0 amide bonds. The van der Waals surface area contributed by atoms with Crippen LogP contribution in [-0.2, 0) is 5.75 Å². The number of nitro groups is 1. The van der Waals surface area contributed by atoms with Gasteiger partial charge >= 0.3 is 0 Å². The minimum absolute atomic E-state index is 0.0297. The van der Waals surface area contributed by atoms with Gasteiger partial charge in [-0.05, 0) is 29.8 Å². The predicted octanol–water partition coefficient (Wildman–Crippen LogP) is 2.96. The molecule has 0 bridgehead atoms. The third-order valence-corrected chi connectivity index (χ3v) is 3.79. The molecule has 0 spiro atoms. The lowest BCUT2D eigenvalue weighted by Gasteiger charge is -2.10. The smallest absolute Gasteiger partial charge is 0.269 e. The molecule has 20 heavy (non-hydrogen) atoms. The van der Waals surface area contributed by atoms with Gasteiger partial charge < -0.3 is 5.11 Å². The van der Waals surface area contributed by atoms with Crippen molar-refractivity contribution in [1.29, 1.82) is 0 Å². The quantitative estimate of drug-likeness (QED) is 0.654. The van der Waals surface area contributed by atoms with Gasteiger partial charge in [0.2, 0.25) is 0 Å². The highest BCUT2D eigenvalue weighted by Crippen LogP contribution is 2.22. The van der Waals surface area contributed by atoms with Gasteiger partial charge in [0.15, 0.2) is 0 Å². The van der Waals surface area contributed by atoms with Gasteiger partial charge in [-0.15, -0.1) is 0 Å². The number of benzene rings is 1. The highest BCUT2D eigenvalue weighted by molar-refractivity contribution is 7.98. The molecular weight excluding hydrogens is 276 g/mol. The largest absolute Gasteiger partial charge is 0.388 e. The molecule has 104 valence electrons. The van der Waals surface area contributed by atoms with Gasteiger partial charge in [0.1, 0.15) is 0 Å². The standard InChI is InChI=1S/C14H14N2O3S/c17-14(10-20-9-12-3-1-2-8-15-12)11-4-6-13(7-5-11)16(18)19/h1-8,14,17H,9-10H2. The lowest BCUT2D eigenvalue weighted by atomic mass is 10.1. The van der Waals surface area contributed by atoms with Crippen LogP contribution in [0.3, 0.4) is 0 Å². The Hall–Kier alpha value is -1.92. The second-order valence-corrected chi connectivity index (χ2v) is 5.23. The number of thioether (sulfide) groups is 1. The fourth-order valence-corrected chi connectivity index (χ4v) is 2.59. The average Bonchev–Trinajstić information content (AvgIpc) is 2.48. The first-order valence-corrected chi connectivity index (χ1v) is 7.22. The van der Waals surface area contributed by atoms with Crippen molar-refractivity contribution in [2.75, 3.05) is 5.75 Å². The molecule has 6 heteroatoms. The summed E-state index contributed by atoms with van der Waals surface area (Å²) in [5.74, 6) is 1.25. The zero-order valence-electron chi connectivity index (χ0n) is 10.7. The zero-order valence-corrected chi connectivity index (χ0v) is 11.5. The number of aliphatic hydroxyl groups is 1. The topological polar surface area (TPSA) is 76.3 Å². The van der Waals surface area contributed by atoms with E-state index in [1.807, 2.05) is 18.2 Å². The minimum Gasteiger partial charge on any atom is -0.388 e. The van der Waals surface area contributed by atoms with E-state index < -0.39 is 11.0 Å². The summed E-state index contributed by atoms with van der Waals surface area (Å²) in [4.78, 5) is 14.3.